The van der Waals surface area contributed by atoms with Gasteiger partial charge in [-0.3, -0.25) is 4.40 Å². The third kappa shape index (κ3) is 2.93. The minimum absolute atomic E-state index is 0.933. The predicted molar refractivity (Wildman–Crippen MR) is 150 cm³/mol. The highest BCUT2D eigenvalue weighted by atomic mass is 16.3. The molecule has 0 spiro atoms. The first kappa shape index (κ1) is 20.1. The van der Waals surface area contributed by atoms with E-state index in [0.717, 1.165) is 61.2 Å². The van der Waals surface area contributed by atoms with Gasteiger partial charge in [-0.05, 0) is 48.5 Å². The first-order chi connectivity index (χ1) is 18.4. The molecule has 0 radical (unpaired) electrons. The lowest BCUT2D eigenvalue weighted by atomic mass is 10.0. The summed E-state index contributed by atoms with van der Waals surface area (Å²) in [6, 6.07) is 40.2. The second-order valence-electron chi connectivity index (χ2n) is 9.30. The molecule has 0 N–H and O–H groups in total. The van der Waals surface area contributed by atoms with E-state index in [1.165, 1.54) is 5.39 Å². The molecule has 0 aliphatic rings. The summed E-state index contributed by atoms with van der Waals surface area (Å²) in [7, 11) is 0. The third-order valence-corrected chi connectivity index (χ3v) is 7.23. The Balaban J connectivity index is 1.35. The lowest BCUT2D eigenvalue weighted by Gasteiger charge is -2.10. The maximum absolute atomic E-state index is 5.93. The normalized spacial score (nSPS) is 11.8. The number of pyridine rings is 1. The van der Waals surface area contributed by atoms with Crippen molar-refractivity contribution in [3.05, 3.63) is 128 Å². The van der Waals surface area contributed by atoms with Crippen LogP contribution in [0.25, 0.3) is 66.6 Å². The van der Waals surface area contributed by atoms with Crippen LogP contribution in [-0.2, 0) is 0 Å². The van der Waals surface area contributed by atoms with Crippen LogP contribution in [0.3, 0.4) is 0 Å². The number of benzene rings is 4. The molecule has 0 aliphatic carbocycles. The van der Waals surface area contributed by atoms with Crippen LogP contribution in [0.4, 0.5) is 0 Å². The van der Waals surface area contributed by atoms with Crippen molar-refractivity contribution < 1.29 is 4.42 Å². The number of fused-ring (bicyclic) bond motifs is 6. The molecule has 0 bridgehead atoms. The van der Waals surface area contributed by atoms with Gasteiger partial charge < -0.3 is 8.98 Å². The Kier molecular flexibility index (Phi) is 4.19. The molecular formula is C33H21N3O. The van der Waals surface area contributed by atoms with Crippen molar-refractivity contribution in [1.82, 2.24) is 14.0 Å². The maximum atomic E-state index is 5.93. The monoisotopic (exact) mass is 475 g/mol. The smallest absolute Gasteiger partial charge is 0.143 e. The molecule has 0 saturated carbocycles. The van der Waals surface area contributed by atoms with Crippen LogP contribution in [0.2, 0.25) is 0 Å². The summed E-state index contributed by atoms with van der Waals surface area (Å²) in [4.78, 5) is 4.98. The average Bonchev–Trinajstić information content (AvgIpc) is 3.67. The van der Waals surface area contributed by atoms with E-state index in [1.54, 1.807) is 6.26 Å². The summed E-state index contributed by atoms with van der Waals surface area (Å²) < 4.78 is 10.4. The number of rotatable bonds is 3. The molecule has 37 heavy (non-hydrogen) atoms. The van der Waals surface area contributed by atoms with Crippen LogP contribution < -0.4 is 0 Å². The van der Waals surface area contributed by atoms with Crippen LogP contribution in [0.1, 0.15) is 0 Å². The number of hydrogen-bond donors (Lipinski definition) is 0. The van der Waals surface area contributed by atoms with E-state index in [2.05, 4.69) is 112 Å². The van der Waals surface area contributed by atoms with Gasteiger partial charge in [-0.1, -0.05) is 66.7 Å². The van der Waals surface area contributed by atoms with Gasteiger partial charge in [0.2, 0.25) is 0 Å². The minimum atomic E-state index is 0.933. The summed E-state index contributed by atoms with van der Waals surface area (Å²) in [6.45, 7) is 0. The molecular weight excluding hydrogens is 454 g/mol. The Morgan fingerprint density at radius 3 is 2.32 bits per heavy atom. The highest BCUT2D eigenvalue weighted by Crippen LogP contribution is 2.38. The van der Waals surface area contributed by atoms with Gasteiger partial charge in [-0.2, -0.15) is 0 Å². The van der Waals surface area contributed by atoms with Gasteiger partial charge in [-0.25, -0.2) is 4.98 Å². The topological polar surface area (TPSA) is 35.4 Å². The van der Waals surface area contributed by atoms with E-state index in [9.17, 15) is 0 Å². The van der Waals surface area contributed by atoms with Crippen LogP contribution in [-0.4, -0.2) is 14.0 Å². The van der Waals surface area contributed by atoms with Crippen LogP contribution >= 0.6 is 0 Å². The van der Waals surface area contributed by atoms with Crippen molar-refractivity contribution in [2.24, 2.45) is 0 Å². The molecule has 0 aliphatic heterocycles. The predicted octanol–water partition coefficient (Wildman–Crippen LogP) is 8.51. The number of aromatic nitrogens is 3. The summed E-state index contributed by atoms with van der Waals surface area (Å²) in [5, 5.41) is 3.46. The number of furan rings is 1. The van der Waals surface area contributed by atoms with Gasteiger partial charge in [-0.15, -0.1) is 0 Å². The summed E-state index contributed by atoms with van der Waals surface area (Å²) >= 11 is 0. The zero-order chi connectivity index (χ0) is 24.3. The van der Waals surface area contributed by atoms with E-state index in [4.69, 9.17) is 9.40 Å². The largest absolute Gasteiger partial charge is 0.464 e. The van der Waals surface area contributed by atoms with Gasteiger partial charge in [0.05, 0.1) is 34.1 Å². The minimum Gasteiger partial charge on any atom is -0.464 e. The highest BCUT2D eigenvalue weighted by Gasteiger charge is 2.18. The van der Waals surface area contributed by atoms with Crippen molar-refractivity contribution in [2.75, 3.05) is 0 Å². The molecule has 174 valence electrons. The van der Waals surface area contributed by atoms with Crippen LogP contribution in [0.15, 0.2) is 132 Å². The van der Waals surface area contributed by atoms with Crippen molar-refractivity contribution in [2.45, 2.75) is 0 Å². The lowest BCUT2D eigenvalue weighted by Crippen LogP contribution is -1.95. The second-order valence-corrected chi connectivity index (χ2v) is 9.30. The van der Waals surface area contributed by atoms with Gasteiger partial charge >= 0.3 is 0 Å². The molecule has 4 heterocycles. The fourth-order valence-corrected chi connectivity index (χ4v) is 5.59. The van der Waals surface area contributed by atoms with E-state index in [0.29, 0.717) is 0 Å². The molecule has 4 aromatic carbocycles. The number of hydrogen-bond acceptors (Lipinski definition) is 2. The summed E-state index contributed by atoms with van der Waals surface area (Å²) in [6.07, 6.45) is 3.85. The zero-order valence-corrected chi connectivity index (χ0v) is 19.9. The molecule has 8 rings (SSSR count). The lowest BCUT2D eigenvalue weighted by molar-refractivity contribution is 0.619. The Hall–Kier alpha value is -5.09. The van der Waals surface area contributed by atoms with E-state index in [-0.39, 0.29) is 0 Å². The van der Waals surface area contributed by atoms with Crippen LogP contribution in [0, 0.1) is 0 Å². The molecule has 4 aromatic heterocycles. The second kappa shape index (κ2) is 7.70. The fraction of sp³-hybridized carbons (Fsp3) is 0. The summed E-state index contributed by atoms with van der Waals surface area (Å²) in [5.74, 6) is 0. The van der Waals surface area contributed by atoms with Crippen molar-refractivity contribution in [1.29, 1.82) is 0 Å². The average molecular weight is 476 g/mol. The quantitative estimate of drug-likeness (QED) is 0.257. The third-order valence-electron chi connectivity index (χ3n) is 7.23. The summed E-state index contributed by atoms with van der Waals surface area (Å²) in [5.41, 5.74) is 9.57. The van der Waals surface area contributed by atoms with E-state index in [1.807, 2.05) is 18.2 Å². The van der Waals surface area contributed by atoms with Crippen molar-refractivity contribution in [3.8, 4) is 28.2 Å². The first-order valence-corrected chi connectivity index (χ1v) is 12.4. The highest BCUT2D eigenvalue weighted by molar-refractivity contribution is 6.19. The Morgan fingerprint density at radius 2 is 1.43 bits per heavy atom. The SMILES string of the molecule is c1ccc(-c2nc3ccccn3c2-c2ccc(-n3c4ccccc4c4c5occc5ccc43)cc2)cc1. The van der Waals surface area contributed by atoms with Crippen molar-refractivity contribution >= 4 is 38.4 Å². The van der Waals surface area contributed by atoms with Gasteiger partial charge in [0.1, 0.15) is 11.2 Å². The van der Waals surface area contributed by atoms with Gasteiger partial charge in [0.15, 0.2) is 0 Å². The molecule has 0 unspecified atom stereocenters. The van der Waals surface area contributed by atoms with E-state index >= 15 is 0 Å². The molecule has 4 heteroatoms. The number of para-hydroxylation sites is 1. The van der Waals surface area contributed by atoms with Crippen LogP contribution in [0.5, 0.6) is 0 Å². The molecule has 0 atom stereocenters. The molecule has 8 aromatic rings. The fourth-order valence-electron chi connectivity index (χ4n) is 5.59. The zero-order valence-electron chi connectivity index (χ0n) is 19.9. The number of nitrogens with zero attached hydrogens (tertiary/aromatic N) is 3. The number of imidazole rings is 1. The first-order valence-electron chi connectivity index (χ1n) is 12.4. The molecule has 0 fully saturated rings. The molecule has 0 amide bonds. The Morgan fingerprint density at radius 1 is 0.622 bits per heavy atom. The maximum Gasteiger partial charge on any atom is 0.143 e. The molecule has 0 saturated heterocycles. The molecule has 4 nitrogen and oxygen atoms in total. The standard InChI is InChI=1S/C33H21N3O/c1-2-8-22(9-3-1)31-32(35-20-7-6-12-29(35)34-31)23-13-16-25(17-14-23)36-27-11-5-4-10-26(27)30-28(36)18-15-24-19-21-37-33(24)30/h1-21H. The van der Waals surface area contributed by atoms with Crippen molar-refractivity contribution in [3.63, 3.8) is 0 Å². The van der Waals surface area contributed by atoms with Gasteiger partial charge in [0, 0.05) is 33.8 Å². The van der Waals surface area contributed by atoms with Gasteiger partial charge in [0.25, 0.3) is 0 Å². The van der Waals surface area contributed by atoms with E-state index < -0.39 is 0 Å². The Labute approximate surface area is 212 Å². The Bertz CT molecular complexity index is 2080.